The molecule has 0 radical (unpaired) electrons. The van der Waals surface area contributed by atoms with Crippen LogP contribution in [-0.2, 0) is 9.53 Å². The van der Waals surface area contributed by atoms with Gasteiger partial charge in [0.2, 0.25) is 5.91 Å². The van der Waals surface area contributed by atoms with Crippen LogP contribution in [-0.4, -0.2) is 42.4 Å². The summed E-state index contributed by atoms with van der Waals surface area (Å²) >= 11 is 1.59. The number of anilines is 1. The van der Waals surface area contributed by atoms with Gasteiger partial charge in [0.05, 0.1) is 5.69 Å². The molecule has 0 bridgehead atoms. The molecule has 0 unspecified atom stereocenters. The molecule has 1 aliphatic rings. The molecule has 0 aromatic heterocycles. The standard InChI is InChI=1S/C17H23N3O4S/c1-17(2,3)24-16(23)19-8-7-18-15(22)11-4-5-13-12(10-11)20-14(21)6-9-25-13/h4-5,10H,6-9H2,1-3H3,(H,18,22)(H,19,23)(H,20,21). The van der Waals surface area contributed by atoms with Crippen molar-refractivity contribution in [3.63, 3.8) is 0 Å². The van der Waals surface area contributed by atoms with Crippen LogP contribution >= 0.6 is 11.8 Å². The Bertz CT molecular complexity index is 670. The second kappa shape index (κ2) is 8.24. The molecule has 1 aromatic rings. The van der Waals surface area contributed by atoms with Gasteiger partial charge in [-0.25, -0.2) is 4.79 Å². The predicted octanol–water partition coefficient (Wildman–Crippen LogP) is 2.38. The molecule has 3 N–H and O–H groups in total. The smallest absolute Gasteiger partial charge is 0.407 e. The number of alkyl carbamates (subject to hydrolysis) is 1. The SMILES string of the molecule is CC(C)(C)OC(=O)NCCNC(=O)c1ccc2c(c1)NC(=O)CCS2. The second-order valence-electron chi connectivity index (χ2n) is 6.54. The van der Waals surface area contributed by atoms with E-state index in [9.17, 15) is 14.4 Å². The molecule has 1 aliphatic heterocycles. The summed E-state index contributed by atoms with van der Waals surface area (Å²) in [5, 5.41) is 8.10. The number of hydrogen-bond donors (Lipinski definition) is 3. The summed E-state index contributed by atoms with van der Waals surface area (Å²) < 4.78 is 5.11. The van der Waals surface area contributed by atoms with Crippen LogP contribution in [0.25, 0.3) is 0 Å². The molecule has 136 valence electrons. The lowest BCUT2D eigenvalue weighted by Crippen LogP contribution is -2.37. The number of fused-ring (bicyclic) bond motifs is 1. The molecule has 1 heterocycles. The van der Waals surface area contributed by atoms with Crippen molar-refractivity contribution < 1.29 is 19.1 Å². The highest BCUT2D eigenvalue weighted by Crippen LogP contribution is 2.31. The largest absolute Gasteiger partial charge is 0.444 e. The van der Waals surface area contributed by atoms with Gasteiger partial charge < -0.3 is 20.7 Å². The summed E-state index contributed by atoms with van der Waals surface area (Å²) in [5.41, 5.74) is 0.559. The molecule has 2 rings (SSSR count). The minimum Gasteiger partial charge on any atom is -0.444 e. The van der Waals surface area contributed by atoms with Crippen molar-refractivity contribution in [1.29, 1.82) is 0 Å². The molecular formula is C17H23N3O4S. The molecule has 7 nitrogen and oxygen atoms in total. The monoisotopic (exact) mass is 365 g/mol. The van der Waals surface area contributed by atoms with Gasteiger partial charge in [0.25, 0.3) is 5.91 Å². The van der Waals surface area contributed by atoms with Gasteiger partial charge in [-0.05, 0) is 39.0 Å². The third kappa shape index (κ3) is 6.30. The minimum absolute atomic E-state index is 0.0506. The van der Waals surface area contributed by atoms with E-state index >= 15 is 0 Å². The normalized spacial score (nSPS) is 14.0. The van der Waals surface area contributed by atoms with Crippen molar-refractivity contribution in [2.24, 2.45) is 0 Å². The number of carbonyl (C=O) groups is 3. The van der Waals surface area contributed by atoms with Crippen LogP contribution in [0.1, 0.15) is 37.6 Å². The lowest BCUT2D eigenvalue weighted by molar-refractivity contribution is -0.115. The number of rotatable bonds is 4. The Morgan fingerprint density at radius 1 is 1.24 bits per heavy atom. The summed E-state index contributed by atoms with van der Waals surface area (Å²) in [7, 11) is 0. The fourth-order valence-electron chi connectivity index (χ4n) is 2.12. The molecular weight excluding hydrogens is 342 g/mol. The highest BCUT2D eigenvalue weighted by Gasteiger charge is 2.17. The number of carbonyl (C=O) groups excluding carboxylic acids is 3. The molecule has 0 spiro atoms. The van der Waals surface area contributed by atoms with Crippen molar-refractivity contribution >= 4 is 35.4 Å². The van der Waals surface area contributed by atoms with E-state index in [1.807, 2.05) is 6.07 Å². The van der Waals surface area contributed by atoms with Crippen molar-refractivity contribution in [2.45, 2.75) is 37.7 Å². The van der Waals surface area contributed by atoms with E-state index in [0.29, 0.717) is 17.7 Å². The first kappa shape index (κ1) is 19.1. The first-order chi connectivity index (χ1) is 11.7. The summed E-state index contributed by atoms with van der Waals surface area (Å²) in [6, 6.07) is 5.22. The number of hydrogen-bond acceptors (Lipinski definition) is 5. The maximum atomic E-state index is 12.2. The molecule has 1 aromatic carbocycles. The Morgan fingerprint density at radius 2 is 1.96 bits per heavy atom. The number of thioether (sulfide) groups is 1. The van der Waals surface area contributed by atoms with E-state index in [0.717, 1.165) is 10.6 Å². The van der Waals surface area contributed by atoms with Crippen molar-refractivity contribution in [3.8, 4) is 0 Å². The van der Waals surface area contributed by atoms with Crippen molar-refractivity contribution in [1.82, 2.24) is 10.6 Å². The Labute approximate surface area is 151 Å². The molecule has 0 saturated carbocycles. The van der Waals surface area contributed by atoms with Crippen molar-refractivity contribution in [3.05, 3.63) is 23.8 Å². The highest BCUT2D eigenvalue weighted by molar-refractivity contribution is 7.99. The average molecular weight is 365 g/mol. The third-order valence-electron chi connectivity index (χ3n) is 3.18. The van der Waals surface area contributed by atoms with E-state index in [-0.39, 0.29) is 24.9 Å². The fourth-order valence-corrected chi connectivity index (χ4v) is 3.06. The highest BCUT2D eigenvalue weighted by atomic mass is 32.2. The molecule has 0 fully saturated rings. The van der Waals surface area contributed by atoms with Crippen molar-refractivity contribution in [2.75, 3.05) is 24.2 Å². The van der Waals surface area contributed by atoms with Gasteiger partial charge in [-0.1, -0.05) is 0 Å². The zero-order valence-electron chi connectivity index (χ0n) is 14.6. The summed E-state index contributed by atoms with van der Waals surface area (Å²) in [5.74, 6) is 0.406. The molecule has 3 amide bonds. The van der Waals surface area contributed by atoms with E-state index in [2.05, 4.69) is 16.0 Å². The summed E-state index contributed by atoms with van der Waals surface area (Å²) in [6.07, 6.45) is -0.0662. The number of ether oxygens (including phenoxy) is 1. The van der Waals surface area contributed by atoms with E-state index in [1.165, 1.54) is 0 Å². The van der Waals surface area contributed by atoms with Crippen LogP contribution in [0.4, 0.5) is 10.5 Å². The maximum Gasteiger partial charge on any atom is 0.407 e. The van der Waals surface area contributed by atoms with Crippen LogP contribution in [0, 0.1) is 0 Å². The zero-order chi connectivity index (χ0) is 18.4. The lowest BCUT2D eigenvalue weighted by Gasteiger charge is -2.19. The maximum absolute atomic E-state index is 12.2. The topological polar surface area (TPSA) is 96.5 Å². The first-order valence-corrected chi connectivity index (χ1v) is 9.05. The molecule has 0 saturated heterocycles. The number of benzene rings is 1. The van der Waals surface area contributed by atoms with Gasteiger partial charge in [0.15, 0.2) is 0 Å². The fraction of sp³-hybridized carbons (Fsp3) is 0.471. The first-order valence-electron chi connectivity index (χ1n) is 8.06. The Balaban J connectivity index is 1.83. The predicted molar refractivity (Wildman–Crippen MR) is 97.0 cm³/mol. The van der Waals surface area contributed by atoms with Gasteiger partial charge in [-0.2, -0.15) is 0 Å². The van der Waals surface area contributed by atoms with Crippen LogP contribution in [0.5, 0.6) is 0 Å². The van der Waals surface area contributed by atoms with E-state index in [4.69, 9.17) is 4.74 Å². The molecule has 8 heteroatoms. The van der Waals surface area contributed by atoms with Gasteiger partial charge in [0.1, 0.15) is 5.60 Å². The number of nitrogens with one attached hydrogen (secondary N) is 3. The second-order valence-corrected chi connectivity index (χ2v) is 7.68. The van der Waals surface area contributed by atoms with Gasteiger partial charge in [0, 0.05) is 35.7 Å². The van der Waals surface area contributed by atoms with E-state index < -0.39 is 11.7 Å². The van der Waals surface area contributed by atoms with Crippen LogP contribution in [0.2, 0.25) is 0 Å². The van der Waals surface area contributed by atoms with Gasteiger partial charge in [-0.15, -0.1) is 11.8 Å². The third-order valence-corrected chi connectivity index (χ3v) is 4.26. The number of amides is 3. The van der Waals surface area contributed by atoms with Crippen LogP contribution < -0.4 is 16.0 Å². The van der Waals surface area contributed by atoms with E-state index in [1.54, 1.807) is 44.7 Å². The molecule has 0 aliphatic carbocycles. The Kier molecular flexibility index (Phi) is 6.30. The van der Waals surface area contributed by atoms with Crippen LogP contribution in [0.3, 0.4) is 0 Å². The molecule has 25 heavy (non-hydrogen) atoms. The quantitative estimate of drug-likeness (QED) is 0.712. The van der Waals surface area contributed by atoms with Gasteiger partial charge in [-0.3, -0.25) is 9.59 Å². The summed E-state index contributed by atoms with van der Waals surface area (Å²) in [4.78, 5) is 36.3. The lowest BCUT2D eigenvalue weighted by atomic mass is 10.2. The average Bonchev–Trinajstić information content (AvgIpc) is 2.69. The summed E-state index contributed by atoms with van der Waals surface area (Å²) in [6.45, 7) is 5.88. The Morgan fingerprint density at radius 3 is 2.68 bits per heavy atom. The zero-order valence-corrected chi connectivity index (χ0v) is 15.4. The van der Waals surface area contributed by atoms with Gasteiger partial charge >= 0.3 is 6.09 Å². The van der Waals surface area contributed by atoms with Crippen LogP contribution in [0.15, 0.2) is 23.1 Å². The minimum atomic E-state index is -0.558. The Hall–Kier alpha value is -2.22. The molecule has 0 atom stereocenters.